The lowest BCUT2D eigenvalue weighted by Crippen LogP contribution is -2.25. The molecule has 0 bridgehead atoms. The summed E-state index contributed by atoms with van der Waals surface area (Å²) in [4.78, 5) is 0. The van der Waals surface area contributed by atoms with Crippen molar-refractivity contribution in [2.24, 2.45) is 5.73 Å². The lowest BCUT2D eigenvalue weighted by Gasteiger charge is -2.18. The molecule has 0 fully saturated rings. The zero-order valence-electron chi connectivity index (χ0n) is 9.72. The molecule has 0 spiro atoms. The summed E-state index contributed by atoms with van der Waals surface area (Å²) in [7, 11) is 0. The van der Waals surface area contributed by atoms with Crippen LogP contribution in [0.1, 0.15) is 44.7 Å². The predicted molar refractivity (Wildman–Crippen MR) is 60.7 cm³/mol. The minimum absolute atomic E-state index is 0.0435. The molecule has 1 rings (SSSR count). The second-order valence-corrected chi connectivity index (χ2v) is 4.33. The monoisotopic (exact) mass is 211 g/mol. The Morgan fingerprint density at radius 1 is 1.47 bits per heavy atom. The molecular weight excluding hydrogens is 190 g/mol. The van der Waals surface area contributed by atoms with E-state index in [1.165, 1.54) is 0 Å². The van der Waals surface area contributed by atoms with Crippen LogP contribution in [0.4, 0.5) is 0 Å². The molecule has 0 amide bonds. The molecule has 2 atom stereocenters. The maximum Gasteiger partial charge on any atom is 0.0525 e. The molecule has 0 aliphatic rings. The molecule has 15 heavy (non-hydrogen) atoms. The van der Waals surface area contributed by atoms with Gasteiger partial charge in [0.05, 0.1) is 6.20 Å². The van der Waals surface area contributed by atoms with Crippen LogP contribution in [-0.4, -0.2) is 27.5 Å². The highest BCUT2D eigenvalue weighted by molar-refractivity contribution is 5.13. The first-order valence-electron chi connectivity index (χ1n) is 5.46. The van der Waals surface area contributed by atoms with E-state index < -0.39 is 0 Å². The fraction of sp³-hybridized carbons (Fsp3) is 0.727. The van der Waals surface area contributed by atoms with Crippen LogP contribution in [0.15, 0.2) is 12.4 Å². The van der Waals surface area contributed by atoms with E-state index in [0.717, 1.165) is 5.56 Å². The van der Waals surface area contributed by atoms with E-state index in [9.17, 15) is 0 Å². The van der Waals surface area contributed by atoms with Gasteiger partial charge in [-0.2, -0.15) is 5.10 Å². The number of hydrogen-bond donors (Lipinski definition) is 2. The second kappa shape index (κ2) is 5.28. The van der Waals surface area contributed by atoms with Gasteiger partial charge >= 0.3 is 0 Å². The summed E-state index contributed by atoms with van der Waals surface area (Å²) in [5, 5.41) is 13.3. The van der Waals surface area contributed by atoms with Gasteiger partial charge in [0.15, 0.2) is 0 Å². The number of aromatic nitrogens is 2. The second-order valence-electron chi connectivity index (χ2n) is 4.33. The van der Waals surface area contributed by atoms with Gasteiger partial charge in [0.1, 0.15) is 0 Å². The Balaban J connectivity index is 2.81. The summed E-state index contributed by atoms with van der Waals surface area (Å²) in [6.07, 6.45) is 4.57. The van der Waals surface area contributed by atoms with Crippen LogP contribution in [0.3, 0.4) is 0 Å². The van der Waals surface area contributed by atoms with Crippen LogP contribution in [0.5, 0.6) is 0 Å². The zero-order valence-corrected chi connectivity index (χ0v) is 9.72. The molecule has 0 saturated carbocycles. The van der Waals surface area contributed by atoms with E-state index in [1.54, 1.807) is 0 Å². The molecule has 1 heterocycles. The van der Waals surface area contributed by atoms with Crippen molar-refractivity contribution in [2.75, 3.05) is 6.61 Å². The molecule has 3 N–H and O–H groups in total. The largest absolute Gasteiger partial charge is 0.396 e. The number of aliphatic hydroxyl groups excluding tert-OH is 1. The predicted octanol–water partition coefficient (Wildman–Crippen LogP) is 1.28. The normalized spacial score (nSPS) is 15.6. The summed E-state index contributed by atoms with van der Waals surface area (Å²) in [5.74, 6) is 0.197. The SMILES string of the molecule is CC(N)C(CCO)c1cnn(C(C)C)c1. The van der Waals surface area contributed by atoms with Crippen molar-refractivity contribution in [1.29, 1.82) is 0 Å². The Kier molecular flexibility index (Phi) is 4.29. The van der Waals surface area contributed by atoms with Crippen molar-refractivity contribution in [1.82, 2.24) is 9.78 Å². The minimum atomic E-state index is 0.0435. The van der Waals surface area contributed by atoms with E-state index in [1.807, 2.05) is 24.0 Å². The summed E-state index contributed by atoms with van der Waals surface area (Å²) in [6.45, 7) is 6.31. The Bertz CT molecular complexity index is 294. The molecule has 1 aromatic rings. The van der Waals surface area contributed by atoms with E-state index in [4.69, 9.17) is 10.8 Å². The van der Waals surface area contributed by atoms with Gasteiger partial charge < -0.3 is 10.8 Å². The lowest BCUT2D eigenvalue weighted by molar-refractivity contribution is 0.269. The van der Waals surface area contributed by atoms with Crippen molar-refractivity contribution in [2.45, 2.75) is 45.2 Å². The highest BCUT2D eigenvalue weighted by Crippen LogP contribution is 2.22. The number of nitrogens with zero attached hydrogens (tertiary/aromatic N) is 2. The van der Waals surface area contributed by atoms with Gasteiger partial charge in [-0.15, -0.1) is 0 Å². The van der Waals surface area contributed by atoms with E-state index in [2.05, 4.69) is 18.9 Å². The first-order valence-corrected chi connectivity index (χ1v) is 5.46. The fourth-order valence-electron chi connectivity index (χ4n) is 1.70. The molecule has 0 aliphatic heterocycles. The molecule has 0 radical (unpaired) electrons. The van der Waals surface area contributed by atoms with E-state index >= 15 is 0 Å². The van der Waals surface area contributed by atoms with Crippen LogP contribution in [0.2, 0.25) is 0 Å². The van der Waals surface area contributed by atoms with Crippen LogP contribution in [0, 0.1) is 0 Å². The highest BCUT2D eigenvalue weighted by Gasteiger charge is 2.17. The third-order valence-electron chi connectivity index (χ3n) is 2.65. The maximum atomic E-state index is 8.98. The Hall–Kier alpha value is -0.870. The third kappa shape index (κ3) is 3.04. The molecule has 2 unspecified atom stereocenters. The molecule has 1 aromatic heterocycles. The van der Waals surface area contributed by atoms with Gasteiger partial charge in [-0.05, 0) is 32.8 Å². The topological polar surface area (TPSA) is 64.1 Å². The summed E-state index contributed by atoms with van der Waals surface area (Å²) in [5.41, 5.74) is 7.01. The molecule has 0 aromatic carbocycles. The van der Waals surface area contributed by atoms with Gasteiger partial charge in [-0.25, -0.2) is 0 Å². The Morgan fingerprint density at radius 3 is 2.53 bits per heavy atom. The van der Waals surface area contributed by atoms with Crippen LogP contribution in [0.25, 0.3) is 0 Å². The number of aliphatic hydroxyl groups is 1. The van der Waals surface area contributed by atoms with Gasteiger partial charge in [-0.1, -0.05) is 0 Å². The van der Waals surface area contributed by atoms with E-state index in [0.29, 0.717) is 12.5 Å². The van der Waals surface area contributed by atoms with Gasteiger partial charge in [-0.3, -0.25) is 4.68 Å². The lowest BCUT2D eigenvalue weighted by atomic mass is 9.93. The van der Waals surface area contributed by atoms with Crippen LogP contribution in [-0.2, 0) is 0 Å². The first kappa shape index (κ1) is 12.2. The standard InChI is InChI=1S/C11H21N3O/c1-8(2)14-7-10(6-13-14)11(4-5-15)9(3)12/h6-9,11,15H,4-5,12H2,1-3H3. The van der Waals surface area contributed by atoms with Gasteiger partial charge in [0, 0.05) is 30.8 Å². The molecule has 86 valence electrons. The number of rotatable bonds is 5. The van der Waals surface area contributed by atoms with Crippen molar-refractivity contribution in [3.63, 3.8) is 0 Å². The number of hydrogen-bond acceptors (Lipinski definition) is 3. The van der Waals surface area contributed by atoms with Crippen LogP contribution < -0.4 is 5.73 Å². The van der Waals surface area contributed by atoms with Crippen molar-refractivity contribution in [3.8, 4) is 0 Å². The zero-order chi connectivity index (χ0) is 11.4. The molecule has 4 heteroatoms. The maximum absolute atomic E-state index is 8.98. The van der Waals surface area contributed by atoms with Gasteiger partial charge in [0.25, 0.3) is 0 Å². The quantitative estimate of drug-likeness (QED) is 0.771. The smallest absolute Gasteiger partial charge is 0.0525 e. The summed E-state index contributed by atoms with van der Waals surface area (Å²) >= 11 is 0. The first-order chi connectivity index (χ1) is 7.06. The fourth-order valence-corrected chi connectivity index (χ4v) is 1.70. The average molecular weight is 211 g/mol. The molecular formula is C11H21N3O. The average Bonchev–Trinajstić information content (AvgIpc) is 2.62. The molecule has 0 saturated heterocycles. The van der Waals surface area contributed by atoms with Crippen molar-refractivity contribution >= 4 is 0 Å². The highest BCUT2D eigenvalue weighted by atomic mass is 16.3. The Labute approximate surface area is 91.1 Å². The minimum Gasteiger partial charge on any atom is -0.396 e. The van der Waals surface area contributed by atoms with Crippen molar-refractivity contribution < 1.29 is 5.11 Å². The summed E-state index contributed by atoms with van der Waals surface area (Å²) in [6, 6.07) is 0.406. The summed E-state index contributed by atoms with van der Waals surface area (Å²) < 4.78 is 1.92. The molecule has 0 aliphatic carbocycles. The van der Waals surface area contributed by atoms with Crippen molar-refractivity contribution in [3.05, 3.63) is 18.0 Å². The molecule has 4 nitrogen and oxygen atoms in total. The van der Waals surface area contributed by atoms with Gasteiger partial charge in [0.2, 0.25) is 0 Å². The number of nitrogens with two attached hydrogens (primary N) is 1. The Morgan fingerprint density at radius 2 is 2.13 bits per heavy atom. The third-order valence-corrected chi connectivity index (χ3v) is 2.65. The van der Waals surface area contributed by atoms with Crippen LogP contribution >= 0.6 is 0 Å². The van der Waals surface area contributed by atoms with E-state index in [-0.39, 0.29) is 18.6 Å².